The lowest BCUT2D eigenvalue weighted by Crippen LogP contribution is -2.48. The number of amides is 1. The van der Waals surface area contributed by atoms with E-state index in [9.17, 15) is 13.2 Å². The third-order valence-corrected chi connectivity index (χ3v) is 6.83. The lowest BCUT2D eigenvalue weighted by Gasteiger charge is -2.34. The van der Waals surface area contributed by atoms with Crippen LogP contribution in [0.4, 0.5) is 5.69 Å². The minimum absolute atomic E-state index is 0.0992. The summed E-state index contributed by atoms with van der Waals surface area (Å²) in [4.78, 5) is 16.9. The van der Waals surface area contributed by atoms with E-state index in [-0.39, 0.29) is 5.91 Å². The topological polar surface area (TPSA) is 60.9 Å². The van der Waals surface area contributed by atoms with E-state index < -0.39 is 10.0 Å². The largest absolute Gasteiger partial charge is 0.340 e. The van der Waals surface area contributed by atoms with Gasteiger partial charge in [-0.15, -0.1) is 0 Å². The van der Waals surface area contributed by atoms with E-state index in [0.717, 1.165) is 25.2 Å². The molecule has 1 aliphatic rings. The molecule has 1 heterocycles. The molecule has 0 aromatic heterocycles. The van der Waals surface area contributed by atoms with Crippen LogP contribution in [0.5, 0.6) is 0 Å². The average molecular weight is 456 g/mol. The lowest BCUT2D eigenvalue weighted by atomic mass is 10.2. The van der Waals surface area contributed by atoms with Crippen molar-refractivity contribution in [2.24, 2.45) is 0 Å². The fourth-order valence-electron chi connectivity index (χ4n) is 3.88. The Morgan fingerprint density at radius 1 is 1.03 bits per heavy atom. The number of anilines is 1. The van der Waals surface area contributed by atoms with E-state index in [4.69, 9.17) is 0 Å². The monoisotopic (exact) mass is 455 g/mol. The first-order valence-corrected chi connectivity index (χ1v) is 12.9. The fourth-order valence-corrected chi connectivity index (χ4v) is 4.84. The van der Waals surface area contributed by atoms with Crippen molar-refractivity contribution >= 4 is 27.7 Å². The smallest absolute Gasteiger partial charge is 0.232 e. The van der Waals surface area contributed by atoms with Crippen LogP contribution in [0.15, 0.2) is 60.7 Å². The summed E-state index contributed by atoms with van der Waals surface area (Å²) in [5.41, 5.74) is 2.84. The second-order valence-electron chi connectivity index (χ2n) is 8.27. The number of benzene rings is 2. The van der Waals surface area contributed by atoms with Crippen LogP contribution in [0.25, 0.3) is 6.08 Å². The van der Waals surface area contributed by atoms with Gasteiger partial charge in [-0.2, -0.15) is 0 Å². The zero-order valence-corrected chi connectivity index (χ0v) is 19.8. The van der Waals surface area contributed by atoms with Crippen LogP contribution in [0, 0.1) is 6.92 Å². The molecule has 7 heteroatoms. The van der Waals surface area contributed by atoms with Crippen molar-refractivity contribution in [2.75, 3.05) is 49.8 Å². The number of piperazine rings is 1. The molecular formula is C25H33N3O3S. The summed E-state index contributed by atoms with van der Waals surface area (Å²) in [6.07, 6.45) is 6.35. The molecule has 0 atom stereocenters. The summed E-state index contributed by atoms with van der Waals surface area (Å²) in [6, 6.07) is 17.7. The van der Waals surface area contributed by atoms with E-state index in [1.54, 1.807) is 6.07 Å². The molecule has 0 unspecified atom stereocenters. The third-order valence-electron chi connectivity index (χ3n) is 5.64. The van der Waals surface area contributed by atoms with Gasteiger partial charge in [-0.1, -0.05) is 54.6 Å². The second kappa shape index (κ2) is 11.3. The molecule has 2 aromatic carbocycles. The molecule has 1 fully saturated rings. The first-order valence-electron chi connectivity index (χ1n) is 11.1. The Labute approximate surface area is 192 Å². The third kappa shape index (κ3) is 7.21. The minimum atomic E-state index is -3.40. The van der Waals surface area contributed by atoms with E-state index in [1.807, 2.05) is 48.2 Å². The SMILES string of the molecule is Cc1cccc(N(CCCC(=O)N2CCN(C/C=C/c3ccccc3)CC2)S(C)(=O)=O)c1. The zero-order chi connectivity index (χ0) is 23.0. The molecule has 0 radical (unpaired) electrons. The van der Waals surface area contributed by atoms with Gasteiger partial charge in [-0.05, 0) is 36.6 Å². The Hall–Kier alpha value is -2.64. The van der Waals surface area contributed by atoms with Gasteiger partial charge >= 0.3 is 0 Å². The number of rotatable bonds is 9. The van der Waals surface area contributed by atoms with Crippen LogP contribution in [0.1, 0.15) is 24.0 Å². The Bertz CT molecular complexity index is 1010. The van der Waals surface area contributed by atoms with Crippen molar-refractivity contribution in [2.45, 2.75) is 19.8 Å². The summed E-state index contributed by atoms with van der Waals surface area (Å²) in [6.45, 7) is 6.24. The standard InChI is InChI=1S/C25H33N3O3S/c1-22-9-6-13-24(21-22)28(32(2,30)31)16-8-14-25(29)27-19-17-26(18-20-27)15-7-12-23-10-4-3-5-11-23/h3-7,9-13,21H,8,14-20H2,1-2H3/b12-7+. The summed E-state index contributed by atoms with van der Waals surface area (Å²) in [7, 11) is -3.40. The quantitative estimate of drug-likeness (QED) is 0.582. The lowest BCUT2D eigenvalue weighted by molar-refractivity contribution is -0.132. The van der Waals surface area contributed by atoms with Crippen molar-refractivity contribution in [3.8, 4) is 0 Å². The Morgan fingerprint density at radius 3 is 2.41 bits per heavy atom. The molecule has 1 aliphatic heterocycles. The van der Waals surface area contributed by atoms with Gasteiger partial charge < -0.3 is 4.90 Å². The van der Waals surface area contributed by atoms with Crippen molar-refractivity contribution in [1.82, 2.24) is 9.80 Å². The maximum Gasteiger partial charge on any atom is 0.232 e. The normalized spacial score (nSPS) is 15.2. The summed E-state index contributed by atoms with van der Waals surface area (Å²) in [5.74, 6) is 0.0992. The van der Waals surface area contributed by atoms with Crippen LogP contribution in [-0.2, 0) is 14.8 Å². The van der Waals surface area contributed by atoms with Crippen molar-refractivity contribution in [1.29, 1.82) is 0 Å². The van der Waals surface area contributed by atoms with Gasteiger partial charge in [0.25, 0.3) is 0 Å². The van der Waals surface area contributed by atoms with Crippen LogP contribution in [0.2, 0.25) is 0 Å². The molecule has 3 rings (SSSR count). The van der Waals surface area contributed by atoms with Crippen LogP contribution >= 0.6 is 0 Å². The highest BCUT2D eigenvalue weighted by atomic mass is 32.2. The molecule has 1 amide bonds. The van der Waals surface area contributed by atoms with Crippen LogP contribution < -0.4 is 4.31 Å². The molecule has 1 saturated heterocycles. The average Bonchev–Trinajstić information content (AvgIpc) is 2.77. The maximum absolute atomic E-state index is 12.7. The molecule has 0 bridgehead atoms. The number of aryl methyl sites for hydroxylation is 1. The number of hydrogen-bond acceptors (Lipinski definition) is 4. The highest BCUT2D eigenvalue weighted by Gasteiger charge is 2.22. The van der Waals surface area contributed by atoms with E-state index >= 15 is 0 Å². The highest BCUT2D eigenvalue weighted by molar-refractivity contribution is 7.92. The fraction of sp³-hybridized carbons (Fsp3) is 0.400. The Balaban J connectivity index is 1.43. The van der Waals surface area contributed by atoms with Crippen molar-refractivity contribution in [3.63, 3.8) is 0 Å². The molecule has 2 aromatic rings. The Morgan fingerprint density at radius 2 is 1.75 bits per heavy atom. The highest BCUT2D eigenvalue weighted by Crippen LogP contribution is 2.20. The van der Waals surface area contributed by atoms with Gasteiger partial charge in [-0.3, -0.25) is 14.0 Å². The number of nitrogens with zero attached hydrogens (tertiary/aromatic N) is 3. The predicted molar refractivity (Wildman–Crippen MR) is 131 cm³/mol. The molecule has 32 heavy (non-hydrogen) atoms. The first-order chi connectivity index (χ1) is 15.3. The first kappa shape index (κ1) is 24.0. The molecule has 0 aliphatic carbocycles. The number of carbonyl (C=O) groups excluding carboxylic acids is 1. The van der Waals surface area contributed by atoms with Gasteiger partial charge in [0.1, 0.15) is 0 Å². The van der Waals surface area contributed by atoms with E-state index in [0.29, 0.717) is 38.2 Å². The predicted octanol–water partition coefficient (Wildman–Crippen LogP) is 3.40. The van der Waals surface area contributed by atoms with Crippen LogP contribution in [0.3, 0.4) is 0 Å². The van der Waals surface area contributed by atoms with Crippen molar-refractivity contribution in [3.05, 3.63) is 71.8 Å². The minimum Gasteiger partial charge on any atom is -0.340 e. The second-order valence-corrected chi connectivity index (χ2v) is 10.2. The molecule has 0 saturated carbocycles. The van der Waals surface area contributed by atoms with Gasteiger partial charge in [-0.25, -0.2) is 8.42 Å². The van der Waals surface area contributed by atoms with E-state index in [1.165, 1.54) is 16.1 Å². The van der Waals surface area contributed by atoms with Gasteiger partial charge in [0.05, 0.1) is 11.9 Å². The Kier molecular flexibility index (Phi) is 8.47. The summed E-state index contributed by atoms with van der Waals surface area (Å²) in [5, 5.41) is 0. The summed E-state index contributed by atoms with van der Waals surface area (Å²) >= 11 is 0. The number of hydrogen-bond donors (Lipinski definition) is 0. The van der Waals surface area contributed by atoms with Crippen LogP contribution in [-0.4, -0.2) is 69.6 Å². The van der Waals surface area contributed by atoms with Gasteiger partial charge in [0.15, 0.2) is 0 Å². The van der Waals surface area contributed by atoms with Gasteiger partial charge in [0.2, 0.25) is 15.9 Å². The molecule has 0 spiro atoms. The maximum atomic E-state index is 12.7. The van der Waals surface area contributed by atoms with E-state index in [2.05, 4.69) is 29.2 Å². The number of carbonyl (C=O) groups is 1. The number of sulfonamides is 1. The molecule has 0 N–H and O–H groups in total. The molecule has 172 valence electrons. The van der Waals surface area contributed by atoms with Gasteiger partial charge in [0, 0.05) is 45.7 Å². The zero-order valence-electron chi connectivity index (χ0n) is 19.0. The molecular weight excluding hydrogens is 422 g/mol. The molecule has 6 nitrogen and oxygen atoms in total. The van der Waals surface area contributed by atoms with Crippen molar-refractivity contribution < 1.29 is 13.2 Å². The summed E-state index contributed by atoms with van der Waals surface area (Å²) < 4.78 is 25.9.